The standard InChI is InChI=1S/C23H16ClN3O5S2/c24-15-8-6-13(7-9-15)20-14(12-26(25-20)16-4-2-1-3-5-16)10-18-21(30)27(23(33)34-18)17(22(31)32)11-19(28)29/h1-10,12,17H,11H2,(H,28,29)(H,31,32)/p-2/b18-10-/t17-/m0/s1. The van der Waals surface area contributed by atoms with Gasteiger partial charge in [-0.3, -0.25) is 9.69 Å². The maximum Gasteiger partial charge on any atom is 0.266 e. The fourth-order valence-corrected chi connectivity index (χ4v) is 4.84. The molecule has 1 aliphatic heterocycles. The number of carbonyl (C=O) groups is 3. The predicted molar refractivity (Wildman–Crippen MR) is 127 cm³/mol. The Labute approximate surface area is 208 Å². The third kappa shape index (κ3) is 4.89. The van der Waals surface area contributed by atoms with E-state index < -0.39 is 30.3 Å². The van der Waals surface area contributed by atoms with Crippen molar-refractivity contribution in [2.45, 2.75) is 12.5 Å². The highest BCUT2D eigenvalue weighted by Gasteiger charge is 2.38. The second-order valence-corrected chi connectivity index (χ2v) is 9.29. The zero-order valence-electron chi connectivity index (χ0n) is 17.2. The number of aliphatic carboxylic acids is 2. The van der Waals surface area contributed by atoms with Crippen molar-refractivity contribution in [2.75, 3.05) is 0 Å². The van der Waals surface area contributed by atoms with Crippen LogP contribution in [0.1, 0.15) is 12.0 Å². The molecule has 3 aromatic rings. The molecule has 0 N–H and O–H groups in total. The van der Waals surface area contributed by atoms with Gasteiger partial charge >= 0.3 is 0 Å². The Morgan fingerprint density at radius 3 is 2.41 bits per heavy atom. The van der Waals surface area contributed by atoms with Gasteiger partial charge in [0.25, 0.3) is 5.91 Å². The number of hydrogen-bond acceptors (Lipinski definition) is 8. The number of carboxylic acid groups (broad SMARTS) is 2. The monoisotopic (exact) mass is 511 g/mol. The van der Waals surface area contributed by atoms with Gasteiger partial charge in [-0.1, -0.05) is 65.9 Å². The number of thioether (sulfide) groups is 1. The lowest BCUT2D eigenvalue weighted by molar-refractivity contribution is -0.319. The third-order valence-corrected chi connectivity index (χ3v) is 6.52. The average molecular weight is 512 g/mol. The zero-order valence-corrected chi connectivity index (χ0v) is 19.6. The Balaban J connectivity index is 1.77. The van der Waals surface area contributed by atoms with Crippen molar-refractivity contribution < 1.29 is 24.6 Å². The van der Waals surface area contributed by atoms with Crippen LogP contribution in [0.2, 0.25) is 5.02 Å². The number of thiocarbonyl (C=S) groups is 1. The highest BCUT2D eigenvalue weighted by molar-refractivity contribution is 8.26. The number of rotatable bonds is 7. The van der Waals surface area contributed by atoms with Crippen molar-refractivity contribution in [1.29, 1.82) is 0 Å². The second-order valence-electron chi connectivity index (χ2n) is 7.18. The average Bonchev–Trinajstić information content (AvgIpc) is 3.34. The normalized spacial score (nSPS) is 15.7. The molecule has 0 radical (unpaired) electrons. The molecule has 172 valence electrons. The summed E-state index contributed by atoms with van der Waals surface area (Å²) in [6.45, 7) is 0. The highest BCUT2D eigenvalue weighted by atomic mass is 35.5. The Morgan fingerprint density at radius 1 is 1.12 bits per heavy atom. The van der Waals surface area contributed by atoms with E-state index in [1.54, 1.807) is 41.2 Å². The molecule has 4 rings (SSSR count). The van der Waals surface area contributed by atoms with Crippen LogP contribution in [0.15, 0.2) is 65.7 Å². The summed E-state index contributed by atoms with van der Waals surface area (Å²) in [4.78, 5) is 36.4. The van der Waals surface area contributed by atoms with Crippen LogP contribution in [-0.2, 0) is 14.4 Å². The smallest absolute Gasteiger partial charge is 0.266 e. The molecule has 1 amide bonds. The van der Waals surface area contributed by atoms with E-state index >= 15 is 0 Å². The van der Waals surface area contributed by atoms with Crippen molar-refractivity contribution >= 4 is 63.8 Å². The Morgan fingerprint density at radius 2 is 1.79 bits per heavy atom. The molecule has 2 heterocycles. The summed E-state index contributed by atoms with van der Waals surface area (Å²) >= 11 is 12.1. The quantitative estimate of drug-likeness (QED) is 0.347. The number of benzene rings is 2. The Bertz CT molecular complexity index is 1320. The van der Waals surface area contributed by atoms with Crippen molar-refractivity contribution in [2.24, 2.45) is 0 Å². The Hall–Kier alpha value is -3.47. The van der Waals surface area contributed by atoms with Gasteiger partial charge in [-0.2, -0.15) is 5.10 Å². The molecule has 0 bridgehead atoms. The fourth-order valence-electron chi connectivity index (χ4n) is 3.37. The molecule has 0 spiro atoms. The molecule has 2 aromatic carbocycles. The van der Waals surface area contributed by atoms with E-state index in [0.717, 1.165) is 27.9 Å². The van der Waals surface area contributed by atoms with Gasteiger partial charge in [-0.25, -0.2) is 4.68 Å². The van der Waals surface area contributed by atoms with Crippen LogP contribution in [0.5, 0.6) is 0 Å². The molecule has 0 aliphatic carbocycles. The number of amides is 1. The van der Waals surface area contributed by atoms with Gasteiger partial charge in [0.05, 0.1) is 28.3 Å². The van der Waals surface area contributed by atoms with E-state index in [1.807, 2.05) is 30.3 Å². The van der Waals surface area contributed by atoms with Gasteiger partial charge in [0.2, 0.25) is 0 Å². The van der Waals surface area contributed by atoms with E-state index in [2.05, 4.69) is 5.10 Å². The van der Waals surface area contributed by atoms with E-state index in [-0.39, 0.29) is 9.23 Å². The lowest BCUT2D eigenvalue weighted by atomic mass is 10.1. The molecule has 34 heavy (non-hydrogen) atoms. The minimum absolute atomic E-state index is 0.0878. The molecule has 1 aromatic heterocycles. The van der Waals surface area contributed by atoms with Crippen molar-refractivity contribution in [3.63, 3.8) is 0 Å². The van der Waals surface area contributed by atoms with E-state index in [1.165, 1.54) is 0 Å². The molecule has 1 fully saturated rings. The SMILES string of the molecule is O=C([O-])C[C@@H](C(=O)[O-])N1C(=O)/C(=C/c2cn(-c3ccccc3)nc2-c2ccc(Cl)cc2)SC1=S. The maximum atomic E-state index is 13.0. The molecule has 0 unspecified atom stereocenters. The summed E-state index contributed by atoms with van der Waals surface area (Å²) in [7, 11) is 0. The van der Waals surface area contributed by atoms with Crippen LogP contribution in [0.4, 0.5) is 0 Å². The van der Waals surface area contributed by atoms with Crippen molar-refractivity contribution in [3.05, 3.63) is 76.3 Å². The van der Waals surface area contributed by atoms with Crippen molar-refractivity contribution in [1.82, 2.24) is 14.7 Å². The molecule has 11 heteroatoms. The van der Waals surface area contributed by atoms with Crippen molar-refractivity contribution in [3.8, 4) is 16.9 Å². The van der Waals surface area contributed by atoms with Crippen LogP contribution < -0.4 is 10.2 Å². The first-order valence-electron chi connectivity index (χ1n) is 9.83. The number of aromatic nitrogens is 2. The second kappa shape index (κ2) is 9.80. The largest absolute Gasteiger partial charge is 0.550 e. The van der Waals surface area contributed by atoms with E-state index in [9.17, 15) is 24.6 Å². The third-order valence-electron chi connectivity index (χ3n) is 4.93. The molecule has 1 atom stereocenters. The fraction of sp³-hybridized carbons (Fsp3) is 0.0870. The number of nitrogens with zero attached hydrogens (tertiary/aromatic N) is 3. The summed E-state index contributed by atoms with van der Waals surface area (Å²) in [6, 6.07) is 14.6. The van der Waals surface area contributed by atoms with Gasteiger partial charge in [0.15, 0.2) is 0 Å². The molecule has 1 saturated heterocycles. The summed E-state index contributed by atoms with van der Waals surface area (Å²) < 4.78 is 1.56. The van der Waals surface area contributed by atoms with Gasteiger partial charge in [-0.15, -0.1) is 0 Å². The Kier molecular flexibility index (Phi) is 6.82. The zero-order chi connectivity index (χ0) is 24.4. The van der Waals surface area contributed by atoms with Crippen LogP contribution in [0, 0.1) is 0 Å². The molecular formula is C23H14ClN3O5S2-2. The lowest BCUT2D eigenvalue weighted by Crippen LogP contribution is -2.52. The van der Waals surface area contributed by atoms with Crippen LogP contribution in [0.3, 0.4) is 0 Å². The molecule has 1 aliphatic rings. The molecule has 0 saturated carbocycles. The summed E-state index contributed by atoms with van der Waals surface area (Å²) in [5.74, 6) is -4.11. The molecular weight excluding hydrogens is 498 g/mol. The van der Waals surface area contributed by atoms with Crippen LogP contribution >= 0.6 is 35.6 Å². The number of carbonyl (C=O) groups excluding carboxylic acids is 3. The topological polar surface area (TPSA) is 118 Å². The van der Waals surface area contributed by atoms with Crippen LogP contribution in [0.25, 0.3) is 23.0 Å². The first kappa shape index (κ1) is 23.7. The molecule has 8 nitrogen and oxygen atoms in total. The van der Waals surface area contributed by atoms with Crippen LogP contribution in [-0.4, -0.2) is 42.9 Å². The first-order valence-corrected chi connectivity index (χ1v) is 11.4. The lowest BCUT2D eigenvalue weighted by Gasteiger charge is -2.27. The number of carboxylic acids is 2. The van der Waals surface area contributed by atoms with Gasteiger partial charge in [0.1, 0.15) is 4.32 Å². The van der Waals surface area contributed by atoms with Gasteiger partial charge in [-0.05, 0) is 30.3 Å². The summed E-state index contributed by atoms with van der Waals surface area (Å²) in [6.07, 6.45) is 2.33. The maximum absolute atomic E-state index is 13.0. The summed E-state index contributed by atoms with van der Waals surface area (Å²) in [5, 5.41) is 27.7. The number of para-hydroxylation sites is 1. The van der Waals surface area contributed by atoms with E-state index in [4.69, 9.17) is 23.8 Å². The minimum Gasteiger partial charge on any atom is -0.550 e. The number of halogens is 1. The van der Waals surface area contributed by atoms with Gasteiger partial charge in [0, 0.05) is 34.7 Å². The minimum atomic E-state index is -1.77. The first-order chi connectivity index (χ1) is 16.2. The summed E-state index contributed by atoms with van der Waals surface area (Å²) in [5.41, 5.74) is 2.65. The van der Waals surface area contributed by atoms with E-state index in [0.29, 0.717) is 16.3 Å². The predicted octanol–water partition coefficient (Wildman–Crippen LogP) is 1.65. The highest BCUT2D eigenvalue weighted by Crippen LogP contribution is 2.36. The van der Waals surface area contributed by atoms with Gasteiger partial charge < -0.3 is 19.8 Å². The number of hydrogen-bond donors (Lipinski definition) is 0.